The second-order valence-corrected chi connectivity index (χ2v) is 6.40. The maximum atomic E-state index is 13.8. The lowest BCUT2D eigenvalue weighted by molar-refractivity contribution is 0.101. The van der Waals surface area contributed by atoms with Gasteiger partial charge in [0, 0.05) is 27.2 Å². The molecular weight excluding hydrogens is 340 g/mol. The van der Waals surface area contributed by atoms with Gasteiger partial charge in [0.25, 0.3) is 5.91 Å². The Kier molecular flexibility index (Phi) is 5.29. The van der Waals surface area contributed by atoms with E-state index in [0.717, 1.165) is 38.1 Å². The number of anilines is 3. The summed E-state index contributed by atoms with van der Waals surface area (Å²) in [4.78, 5) is 25.0. The van der Waals surface area contributed by atoms with Crippen molar-refractivity contribution in [2.24, 2.45) is 0 Å². The number of carbonyl (C=O) groups excluding carboxylic acids is 1. The summed E-state index contributed by atoms with van der Waals surface area (Å²) in [5.74, 6) is -1.65. The van der Waals surface area contributed by atoms with Crippen LogP contribution in [0.2, 0.25) is 0 Å². The number of halogens is 2. The quantitative estimate of drug-likeness (QED) is 0.907. The van der Waals surface area contributed by atoms with Gasteiger partial charge < -0.3 is 15.1 Å². The lowest BCUT2D eigenvalue weighted by Gasteiger charge is -2.28. The molecule has 26 heavy (non-hydrogen) atoms. The van der Waals surface area contributed by atoms with Gasteiger partial charge in [-0.05, 0) is 31.4 Å². The molecule has 3 rings (SSSR count). The van der Waals surface area contributed by atoms with E-state index in [2.05, 4.69) is 20.2 Å². The van der Waals surface area contributed by atoms with Crippen molar-refractivity contribution in [1.82, 2.24) is 9.97 Å². The van der Waals surface area contributed by atoms with Crippen molar-refractivity contribution >= 4 is 23.4 Å². The Labute approximate surface area is 150 Å². The van der Waals surface area contributed by atoms with Crippen LogP contribution in [0, 0.1) is 11.6 Å². The first-order chi connectivity index (χ1) is 12.5. The predicted octanol–water partition coefficient (Wildman–Crippen LogP) is 3.06. The number of carbonyl (C=O) groups is 1. The number of aromatic nitrogens is 2. The molecule has 0 spiro atoms. The van der Waals surface area contributed by atoms with E-state index in [9.17, 15) is 13.6 Å². The third-order valence-electron chi connectivity index (χ3n) is 4.26. The Morgan fingerprint density at radius 3 is 2.42 bits per heavy atom. The number of piperidine rings is 1. The zero-order valence-corrected chi connectivity index (χ0v) is 14.8. The van der Waals surface area contributed by atoms with Crippen molar-refractivity contribution < 1.29 is 13.6 Å². The van der Waals surface area contributed by atoms with Crippen LogP contribution in [-0.4, -0.2) is 43.1 Å². The number of nitrogens with zero attached hydrogens (tertiary/aromatic N) is 4. The van der Waals surface area contributed by atoms with Crippen LogP contribution in [0.25, 0.3) is 0 Å². The van der Waals surface area contributed by atoms with Gasteiger partial charge in [-0.1, -0.05) is 6.07 Å². The minimum absolute atomic E-state index is 0.295. The Morgan fingerprint density at radius 2 is 1.81 bits per heavy atom. The molecule has 0 atom stereocenters. The lowest BCUT2D eigenvalue weighted by atomic mass is 10.1. The summed E-state index contributed by atoms with van der Waals surface area (Å²) in [6.07, 6.45) is 4.85. The monoisotopic (exact) mass is 361 g/mol. The molecular formula is C18H21F2N5O. The van der Waals surface area contributed by atoms with Crippen LogP contribution in [0.15, 0.2) is 24.4 Å². The molecule has 1 amide bonds. The van der Waals surface area contributed by atoms with Gasteiger partial charge in [0.15, 0.2) is 5.82 Å². The zero-order valence-electron chi connectivity index (χ0n) is 14.8. The molecule has 0 radical (unpaired) electrons. The van der Waals surface area contributed by atoms with E-state index in [-0.39, 0.29) is 0 Å². The van der Waals surface area contributed by atoms with E-state index in [0.29, 0.717) is 17.5 Å². The second-order valence-electron chi connectivity index (χ2n) is 6.40. The third-order valence-corrected chi connectivity index (χ3v) is 4.26. The second kappa shape index (κ2) is 7.63. The zero-order chi connectivity index (χ0) is 18.7. The summed E-state index contributed by atoms with van der Waals surface area (Å²) in [5.41, 5.74) is -0.333. The molecule has 1 N–H and O–H groups in total. The fourth-order valence-electron chi connectivity index (χ4n) is 2.94. The van der Waals surface area contributed by atoms with E-state index in [4.69, 9.17) is 0 Å². The lowest BCUT2D eigenvalue weighted by Crippen LogP contribution is -2.31. The number of hydrogen-bond acceptors (Lipinski definition) is 5. The average molecular weight is 361 g/mol. The van der Waals surface area contributed by atoms with Crippen LogP contribution >= 0.6 is 0 Å². The van der Waals surface area contributed by atoms with Gasteiger partial charge in [-0.3, -0.25) is 4.79 Å². The fraction of sp³-hybridized carbons (Fsp3) is 0.389. The Morgan fingerprint density at radius 1 is 1.15 bits per heavy atom. The molecule has 1 saturated heterocycles. The smallest absolute Gasteiger partial charge is 0.261 e. The number of amides is 1. The van der Waals surface area contributed by atoms with Gasteiger partial charge in [-0.25, -0.2) is 13.8 Å². The Balaban J connectivity index is 1.88. The van der Waals surface area contributed by atoms with E-state index in [1.165, 1.54) is 18.7 Å². The standard InChI is InChI=1S/C18H21F2N5O/c1-24(2)16-14(11-21-18(23-16)25-9-4-3-5-10-25)22-17(26)15-12(19)7-6-8-13(15)20/h6-8,11H,3-5,9-10H2,1-2H3,(H,22,26). The molecule has 1 aliphatic rings. The molecule has 138 valence electrons. The van der Waals surface area contributed by atoms with Crippen LogP contribution in [-0.2, 0) is 0 Å². The summed E-state index contributed by atoms with van der Waals surface area (Å²) < 4.78 is 27.6. The van der Waals surface area contributed by atoms with Crippen molar-refractivity contribution in [3.63, 3.8) is 0 Å². The highest BCUT2D eigenvalue weighted by Crippen LogP contribution is 2.26. The van der Waals surface area contributed by atoms with Crippen molar-refractivity contribution in [1.29, 1.82) is 0 Å². The average Bonchev–Trinajstić information content (AvgIpc) is 2.62. The summed E-state index contributed by atoms with van der Waals surface area (Å²) >= 11 is 0. The number of rotatable bonds is 4. The van der Waals surface area contributed by atoms with Gasteiger partial charge >= 0.3 is 0 Å². The van der Waals surface area contributed by atoms with E-state index >= 15 is 0 Å². The van der Waals surface area contributed by atoms with Crippen LogP contribution in [0.1, 0.15) is 29.6 Å². The fourth-order valence-corrected chi connectivity index (χ4v) is 2.94. The van der Waals surface area contributed by atoms with Gasteiger partial charge in [0.1, 0.15) is 22.9 Å². The molecule has 0 saturated carbocycles. The summed E-state index contributed by atoms with van der Waals surface area (Å²) in [5, 5.41) is 2.52. The normalized spacial score (nSPS) is 14.2. The highest BCUT2D eigenvalue weighted by atomic mass is 19.1. The molecule has 2 aromatic rings. The molecule has 0 aliphatic carbocycles. The molecule has 6 nitrogen and oxygen atoms in total. The van der Waals surface area contributed by atoms with Crippen molar-refractivity contribution in [3.05, 3.63) is 41.6 Å². The first-order valence-corrected chi connectivity index (χ1v) is 8.52. The summed E-state index contributed by atoms with van der Waals surface area (Å²) in [7, 11) is 3.56. The van der Waals surface area contributed by atoms with E-state index in [1.807, 2.05) is 0 Å². The minimum Gasteiger partial charge on any atom is -0.361 e. The molecule has 2 heterocycles. The predicted molar refractivity (Wildman–Crippen MR) is 96.7 cm³/mol. The van der Waals surface area contributed by atoms with Crippen molar-refractivity contribution in [3.8, 4) is 0 Å². The molecule has 1 fully saturated rings. The molecule has 1 aliphatic heterocycles. The largest absolute Gasteiger partial charge is 0.361 e. The van der Waals surface area contributed by atoms with Gasteiger partial charge in [0.2, 0.25) is 5.95 Å². The summed E-state index contributed by atoms with van der Waals surface area (Å²) in [6, 6.07) is 3.30. The Bertz CT molecular complexity index is 786. The van der Waals surface area contributed by atoms with Crippen molar-refractivity contribution in [2.75, 3.05) is 42.3 Å². The molecule has 1 aromatic carbocycles. The molecule has 0 bridgehead atoms. The number of hydrogen-bond donors (Lipinski definition) is 1. The van der Waals surface area contributed by atoms with Crippen LogP contribution < -0.4 is 15.1 Å². The molecule has 8 heteroatoms. The highest BCUT2D eigenvalue weighted by molar-refractivity contribution is 6.06. The molecule has 1 aromatic heterocycles. The minimum atomic E-state index is -0.917. The third kappa shape index (κ3) is 3.74. The maximum absolute atomic E-state index is 13.8. The van der Waals surface area contributed by atoms with E-state index in [1.54, 1.807) is 19.0 Å². The van der Waals surface area contributed by atoms with Gasteiger partial charge in [0.05, 0.1) is 6.20 Å². The highest BCUT2D eigenvalue weighted by Gasteiger charge is 2.21. The topological polar surface area (TPSA) is 61.4 Å². The summed E-state index contributed by atoms with van der Waals surface area (Å²) in [6.45, 7) is 1.78. The van der Waals surface area contributed by atoms with Crippen LogP contribution in [0.5, 0.6) is 0 Å². The van der Waals surface area contributed by atoms with Crippen LogP contribution in [0.4, 0.5) is 26.2 Å². The first-order valence-electron chi connectivity index (χ1n) is 8.52. The number of nitrogens with one attached hydrogen (secondary N) is 1. The molecule has 0 unspecified atom stereocenters. The maximum Gasteiger partial charge on any atom is 0.261 e. The first kappa shape index (κ1) is 18.0. The number of benzene rings is 1. The van der Waals surface area contributed by atoms with Gasteiger partial charge in [-0.15, -0.1) is 0 Å². The van der Waals surface area contributed by atoms with E-state index < -0.39 is 23.1 Å². The Hall–Kier alpha value is -2.77. The SMILES string of the molecule is CN(C)c1nc(N2CCCCC2)ncc1NC(=O)c1c(F)cccc1F. The van der Waals surface area contributed by atoms with Gasteiger partial charge in [-0.2, -0.15) is 4.98 Å². The van der Waals surface area contributed by atoms with Crippen LogP contribution in [0.3, 0.4) is 0 Å². The van der Waals surface area contributed by atoms with Crippen molar-refractivity contribution in [2.45, 2.75) is 19.3 Å².